The second-order valence-electron chi connectivity index (χ2n) is 10.8. The summed E-state index contributed by atoms with van der Waals surface area (Å²) in [5.41, 5.74) is 0. The van der Waals surface area contributed by atoms with Gasteiger partial charge in [-0.15, -0.1) is 0 Å². The van der Waals surface area contributed by atoms with Crippen molar-refractivity contribution in [2.24, 2.45) is 0 Å². The van der Waals surface area contributed by atoms with Crippen molar-refractivity contribution in [2.75, 3.05) is 5.75 Å². The van der Waals surface area contributed by atoms with Gasteiger partial charge in [-0.3, -0.25) is 9.59 Å². The van der Waals surface area contributed by atoms with E-state index in [1.807, 2.05) is 0 Å². The number of ether oxygens (including phenoxy) is 4. The van der Waals surface area contributed by atoms with Gasteiger partial charge in [-0.25, -0.2) is 21.2 Å². The van der Waals surface area contributed by atoms with Gasteiger partial charge in [-0.2, -0.15) is 0 Å². The Hall–Kier alpha value is -4.66. The first kappa shape index (κ1) is 38.6. The molecule has 270 valence electrons. The fraction of sp³-hybridized carbons (Fsp3) is 0.111. The smallest absolute Gasteiger partial charge is 0.311 e. The third kappa shape index (κ3) is 9.81. The Balaban J connectivity index is 1.18. The van der Waals surface area contributed by atoms with Crippen molar-refractivity contribution < 1.29 is 49.8 Å². The molecule has 0 aliphatic heterocycles. The lowest BCUT2D eigenvalue weighted by Gasteiger charge is -2.12. The second kappa shape index (κ2) is 16.3. The van der Waals surface area contributed by atoms with Gasteiger partial charge in [0.1, 0.15) is 28.7 Å². The lowest BCUT2D eigenvalue weighted by Crippen LogP contribution is -2.14. The van der Waals surface area contributed by atoms with E-state index in [2.05, 4.69) is 0 Å². The Morgan fingerprint density at radius 1 is 0.596 bits per heavy atom. The maximum Gasteiger partial charge on any atom is 0.311 e. The highest BCUT2D eigenvalue weighted by molar-refractivity contribution is 7.91. The maximum atomic E-state index is 14.6. The molecule has 0 bridgehead atoms. The van der Waals surface area contributed by atoms with Crippen molar-refractivity contribution in [1.82, 2.24) is 0 Å². The van der Waals surface area contributed by atoms with E-state index in [-0.39, 0.29) is 70.0 Å². The molecule has 5 aromatic carbocycles. The summed E-state index contributed by atoms with van der Waals surface area (Å²) in [6, 6.07) is 23.0. The summed E-state index contributed by atoms with van der Waals surface area (Å²) < 4.78 is 86.5. The Morgan fingerprint density at radius 3 is 1.62 bits per heavy atom. The SMILES string of the molecule is CCS(=O)(=O)c1ccc(Oc2cc(Cl)cc(OC(=O)CCC(=O)Oc3cc(Cl)cc(Oc4ccc(S(=O)(=O)c5ccccc5)cc4Cl)c3)c2)c(F)c1. The zero-order valence-electron chi connectivity index (χ0n) is 26.8. The lowest BCUT2D eigenvalue weighted by molar-refractivity contribution is -0.140. The van der Waals surface area contributed by atoms with E-state index < -0.39 is 50.3 Å². The molecule has 5 aromatic rings. The molecule has 0 saturated carbocycles. The standard InChI is InChI=1S/C36H26Cl3FO10S2/c1-2-51(43,44)29-8-11-34(32(40)21-29)48-25-15-23(38)17-27(19-25)50-36(42)13-12-35(41)49-26-16-22(37)14-24(18-26)47-33-10-9-30(20-31(33)39)52(45,46)28-6-4-3-5-7-28/h3-11,14-21H,2,12-13H2,1H3. The molecule has 0 aliphatic rings. The Kier molecular flexibility index (Phi) is 12.1. The Labute approximate surface area is 313 Å². The van der Waals surface area contributed by atoms with Crippen molar-refractivity contribution in [3.8, 4) is 34.5 Å². The maximum absolute atomic E-state index is 14.6. The van der Waals surface area contributed by atoms with Crippen LogP contribution in [0.25, 0.3) is 0 Å². The van der Waals surface area contributed by atoms with Crippen molar-refractivity contribution in [3.63, 3.8) is 0 Å². The highest BCUT2D eigenvalue weighted by Gasteiger charge is 2.20. The van der Waals surface area contributed by atoms with Gasteiger partial charge in [0.25, 0.3) is 0 Å². The van der Waals surface area contributed by atoms with Crippen molar-refractivity contribution in [1.29, 1.82) is 0 Å². The molecular formula is C36H26Cl3FO10S2. The minimum atomic E-state index is -3.82. The van der Waals surface area contributed by atoms with Gasteiger partial charge in [0.2, 0.25) is 9.84 Å². The number of carbonyl (C=O) groups excluding carboxylic acids is 2. The van der Waals surface area contributed by atoms with Crippen LogP contribution in [0.1, 0.15) is 19.8 Å². The predicted octanol–water partition coefficient (Wildman–Crippen LogP) is 9.29. The summed E-state index contributed by atoms with van der Waals surface area (Å²) in [5, 5.41) is 0.219. The number of carbonyl (C=O) groups is 2. The molecule has 5 rings (SSSR count). The molecule has 16 heteroatoms. The molecule has 0 aliphatic carbocycles. The van der Waals surface area contributed by atoms with Crippen molar-refractivity contribution in [3.05, 3.63) is 124 Å². The lowest BCUT2D eigenvalue weighted by atomic mass is 10.3. The minimum absolute atomic E-state index is 0.00159. The molecule has 0 spiro atoms. The molecule has 0 amide bonds. The van der Waals surface area contributed by atoms with Gasteiger partial charge in [0.05, 0.1) is 38.3 Å². The third-order valence-corrected chi connectivity index (χ3v) is 11.3. The normalized spacial score (nSPS) is 11.5. The molecule has 0 unspecified atom stereocenters. The summed E-state index contributed by atoms with van der Waals surface area (Å²) in [6.07, 6.45) is -0.797. The minimum Gasteiger partial charge on any atom is -0.456 e. The number of sulfone groups is 2. The van der Waals surface area contributed by atoms with Gasteiger partial charge >= 0.3 is 11.9 Å². The number of hydrogen-bond donors (Lipinski definition) is 0. The van der Waals surface area contributed by atoms with Crippen LogP contribution in [0, 0.1) is 5.82 Å². The summed E-state index contributed by atoms with van der Waals surface area (Å²) in [6.45, 7) is 1.44. The Bertz CT molecular complexity index is 2370. The Morgan fingerprint density at radius 2 is 1.10 bits per heavy atom. The first-order valence-corrected chi connectivity index (χ1v) is 19.4. The van der Waals surface area contributed by atoms with E-state index >= 15 is 0 Å². The van der Waals surface area contributed by atoms with E-state index in [0.29, 0.717) is 0 Å². The zero-order chi connectivity index (χ0) is 37.6. The van der Waals surface area contributed by atoms with Gasteiger partial charge < -0.3 is 18.9 Å². The fourth-order valence-electron chi connectivity index (χ4n) is 4.52. The number of hydrogen-bond acceptors (Lipinski definition) is 10. The summed E-state index contributed by atoms with van der Waals surface area (Å²) >= 11 is 18.7. The van der Waals surface area contributed by atoms with Gasteiger partial charge in [-0.1, -0.05) is 59.9 Å². The summed E-state index contributed by atoms with van der Waals surface area (Å²) in [5.74, 6) is -2.91. The van der Waals surface area contributed by atoms with Crippen LogP contribution < -0.4 is 18.9 Å². The van der Waals surface area contributed by atoms with Crippen molar-refractivity contribution in [2.45, 2.75) is 34.5 Å². The molecule has 0 N–H and O–H groups in total. The molecule has 0 atom stereocenters. The molecule has 52 heavy (non-hydrogen) atoms. The van der Waals surface area contributed by atoms with Crippen LogP contribution in [-0.4, -0.2) is 34.5 Å². The molecule has 0 aromatic heterocycles. The van der Waals surface area contributed by atoms with Crippen LogP contribution in [0.5, 0.6) is 34.5 Å². The first-order valence-electron chi connectivity index (χ1n) is 15.1. The van der Waals surface area contributed by atoms with E-state index in [1.54, 1.807) is 18.2 Å². The van der Waals surface area contributed by atoms with Gasteiger partial charge in [0, 0.05) is 22.2 Å². The number of esters is 2. The summed E-state index contributed by atoms with van der Waals surface area (Å²) in [7, 11) is -7.46. The van der Waals surface area contributed by atoms with Crippen LogP contribution in [0.3, 0.4) is 0 Å². The third-order valence-electron chi connectivity index (χ3n) is 7.05. The van der Waals surface area contributed by atoms with Crippen LogP contribution in [0.15, 0.2) is 118 Å². The zero-order valence-corrected chi connectivity index (χ0v) is 30.7. The predicted molar refractivity (Wildman–Crippen MR) is 191 cm³/mol. The molecule has 0 fully saturated rings. The van der Waals surface area contributed by atoms with Crippen LogP contribution >= 0.6 is 34.8 Å². The molecule has 0 heterocycles. The molecule has 0 radical (unpaired) electrons. The summed E-state index contributed by atoms with van der Waals surface area (Å²) in [4.78, 5) is 25.0. The van der Waals surface area contributed by atoms with Crippen LogP contribution in [0.4, 0.5) is 4.39 Å². The largest absolute Gasteiger partial charge is 0.456 e. The second-order valence-corrected chi connectivity index (χ2v) is 16.3. The fourth-order valence-corrected chi connectivity index (χ4v) is 7.44. The van der Waals surface area contributed by atoms with E-state index in [9.17, 15) is 30.8 Å². The molecule has 0 saturated heterocycles. The van der Waals surface area contributed by atoms with E-state index in [1.165, 1.54) is 79.7 Å². The number of rotatable bonds is 13. The van der Waals surface area contributed by atoms with E-state index in [0.717, 1.165) is 12.1 Å². The first-order chi connectivity index (χ1) is 24.6. The number of halogens is 4. The van der Waals surface area contributed by atoms with Gasteiger partial charge in [-0.05, 0) is 72.8 Å². The average molecular weight is 808 g/mol. The topological polar surface area (TPSA) is 139 Å². The highest BCUT2D eigenvalue weighted by atomic mass is 35.5. The van der Waals surface area contributed by atoms with Crippen LogP contribution in [0.2, 0.25) is 15.1 Å². The van der Waals surface area contributed by atoms with Crippen molar-refractivity contribution >= 4 is 66.4 Å². The molecular weight excluding hydrogens is 782 g/mol. The van der Waals surface area contributed by atoms with Crippen LogP contribution in [-0.2, 0) is 29.3 Å². The number of benzene rings is 5. The highest BCUT2D eigenvalue weighted by Crippen LogP contribution is 2.36. The quantitative estimate of drug-likeness (QED) is 0.0836. The average Bonchev–Trinajstić information content (AvgIpc) is 3.09. The van der Waals surface area contributed by atoms with Gasteiger partial charge in [0.15, 0.2) is 21.4 Å². The molecule has 10 nitrogen and oxygen atoms in total. The van der Waals surface area contributed by atoms with E-state index in [4.69, 9.17) is 53.8 Å². The monoisotopic (exact) mass is 806 g/mol.